The second kappa shape index (κ2) is 8.88. The molecule has 156 valence electrons. The summed E-state index contributed by atoms with van der Waals surface area (Å²) in [6.45, 7) is 2.85. The molecule has 0 aliphatic carbocycles. The quantitative estimate of drug-likeness (QED) is 0.490. The number of carbonyl (C=O) groups excluding carboxylic acids is 1. The van der Waals surface area contributed by atoms with E-state index in [0.29, 0.717) is 5.75 Å². The number of hydrogen-bond donors (Lipinski definition) is 2. The molecule has 29 heavy (non-hydrogen) atoms. The van der Waals surface area contributed by atoms with Crippen LogP contribution in [0, 0.1) is 17.0 Å². The minimum Gasteiger partial charge on any atom is -0.493 e. The highest BCUT2D eigenvalue weighted by Crippen LogP contribution is 2.29. The number of nitro benzene ring substituents is 1. The molecule has 0 unspecified atom stereocenters. The molecule has 1 atom stereocenters. The van der Waals surface area contributed by atoms with Gasteiger partial charge in [0.05, 0.1) is 41.3 Å². The number of hydrogen-bond acceptors (Lipinski definition) is 7. The molecule has 2 N–H and O–H groups in total. The molecule has 0 spiro atoms. The number of anilines is 1. The molecule has 0 bridgehead atoms. The van der Waals surface area contributed by atoms with Crippen molar-refractivity contribution in [2.24, 2.45) is 0 Å². The van der Waals surface area contributed by atoms with Gasteiger partial charge in [0.1, 0.15) is 0 Å². The summed E-state index contributed by atoms with van der Waals surface area (Å²) in [4.78, 5) is 22.8. The van der Waals surface area contributed by atoms with E-state index in [4.69, 9.17) is 9.47 Å². The van der Waals surface area contributed by atoms with Gasteiger partial charge in [0, 0.05) is 12.1 Å². The number of sulfonamides is 1. The molecular weight excluding hydrogens is 402 g/mol. The molecule has 0 heterocycles. The number of methoxy groups -OCH3 is 2. The van der Waals surface area contributed by atoms with Gasteiger partial charge in [-0.15, -0.1) is 0 Å². The summed E-state index contributed by atoms with van der Waals surface area (Å²) >= 11 is 0. The van der Waals surface area contributed by atoms with Crippen molar-refractivity contribution in [2.75, 3.05) is 19.5 Å². The molecule has 0 aliphatic heterocycles. The van der Waals surface area contributed by atoms with Crippen LogP contribution in [-0.4, -0.2) is 39.5 Å². The standard InChI is InChI=1S/C18H21N3O7S/c1-11-14(6-5-7-15(11)21(23)24)19-18(22)12(2)20-29(25,26)13-8-9-16(27-3)17(10-13)28-4/h5-10,12,20H,1-4H3,(H,19,22)/t12-/m1/s1. The van der Waals surface area contributed by atoms with Crippen molar-refractivity contribution in [3.05, 3.63) is 52.1 Å². The zero-order valence-electron chi connectivity index (χ0n) is 16.3. The second-order valence-electron chi connectivity index (χ2n) is 6.06. The van der Waals surface area contributed by atoms with E-state index < -0.39 is 26.9 Å². The first-order valence-electron chi connectivity index (χ1n) is 8.40. The van der Waals surface area contributed by atoms with Gasteiger partial charge in [0.25, 0.3) is 5.69 Å². The number of carbonyl (C=O) groups is 1. The Balaban J connectivity index is 2.19. The molecule has 11 heteroatoms. The highest BCUT2D eigenvalue weighted by molar-refractivity contribution is 7.89. The first kappa shape index (κ1) is 22.1. The van der Waals surface area contributed by atoms with Gasteiger partial charge in [0.2, 0.25) is 15.9 Å². The van der Waals surface area contributed by atoms with Crippen molar-refractivity contribution in [1.29, 1.82) is 0 Å². The lowest BCUT2D eigenvalue weighted by molar-refractivity contribution is -0.385. The average Bonchev–Trinajstić information content (AvgIpc) is 2.68. The minimum absolute atomic E-state index is 0.110. The molecule has 0 aliphatic rings. The maximum absolute atomic E-state index is 12.6. The van der Waals surface area contributed by atoms with E-state index in [9.17, 15) is 23.3 Å². The zero-order valence-corrected chi connectivity index (χ0v) is 17.1. The first-order chi connectivity index (χ1) is 13.6. The second-order valence-corrected chi connectivity index (χ2v) is 7.77. The van der Waals surface area contributed by atoms with Crippen molar-refractivity contribution >= 4 is 27.3 Å². The summed E-state index contributed by atoms with van der Waals surface area (Å²) in [6, 6.07) is 7.12. The van der Waals surface area contributed by atoms with Gasteiger partial charge in [-0.1, -0.05) is 6.07 Å². The first-order valence-corrected chi connectivity index (χ1v) is 9.88. The van der Waals surface area contributed by atoms with Crippen LogP contribution in [0.1, 0.15) is 12.5 Å². The van der Waals surface area contributed by atoms with Gasteiger partial charge in [-0.25, -0.2) is 8.42 Å². The fourth-order valence-electron chi connectivity index (χ4n) is 2.54. The number of benzene rings is 2. The fraction of sp³-hybridized carbons (Fsp3) is 0.278. The molecule has 10 nitrogen and oxygen atoms in total. The van der Waals surface area contributed by atoms with Crippen LogP contribution in [0.2, 0.25) is 0 Å². The number of ether oxygens (including phenoxy) is 2. The SMILES string of the molecule is COc1ccc(S(=O)(=O)N[C@H](C)C(=O)Nc2cccc([N+](=O)[O-])c2C)cc1OC. The van der Waals surface area contributed by atoms with E-state index in [2.05, 4.69) is 10.0 Å². The molecule has 0 radical (unpaired) electrons. The normalized spacial score (nSPS) is 12.1. The number of nitrogens with zero attached hydrogens (tertiary/aromatic N) is 1. The topological polar surface area (TPSA) is 137 Å². The predicted octanol–water partition coefficient (Wildman–Crippen LogP) is 2.23. The van der Waals surface area contributed by atoms with Gasteiger partial charge in [-0.2, -0.15) is 4.72 Å². The number of amides is 1. The summed E-state index contributed by atoms with van der Waals surface area (Å²) in [5, 5.41) is 13.5. The highest BCUT2D eigenvalue weighted by Gasteiger charge is 2.24. The van der Waals surface area contributed by atoms with E-state index in [-0.39, 0.29) is 27.6 Å². The molecule has 0 saturated carbocycles. The highest BCUT2D eigenvalue weighted by atomic mass is 32.2. The van der Waals surface area contributed by atoms with Crippen molar-refractivity contribution in [3.63, 3.8) is 0 Å². The largest absolute Gasteiger partial charge is 0.493 e. The molecule has 2 rings (SSSR count). The Kier molecular flexibility index (Phi) is 6.77. The molecule has 2 aromatic carbocycles. The Labute approximate surface area is 168 Å². The van der Waals surface area contributed by atoms with Crippen LogP contribution in [0.4, 0.5) is 11.4 Å². The molecule has 0 fully saturated rings. The van der Waals surface area contributed by atoms with E-state index >= 15 is 0 Å². The van der Waals surface area contributed by atoms with Crippen LogP contribution in [0.15, 0.2) is 41.3 Å². The molecule has 2 aromatic rings. The lowest BCUT2D eigenvalue weighted by Gasteiger charge is -2.16. The summed E-state index contributed by atoms with van der Waals surface area (Å²) in [5.74, 6) is -0.0873. The maximum Gasteiger partial charge on any atom is 0.274 e. The zero-order chi connectivity index (χ0) is 21.8. The van der Waals surface area contributed by atoms with Crippen molar-refractivity contribution in [3.8, 4) is 11.5 Å². The van der Waals surface area contributed by atoms with Crippen LogP contribution >= 0.6 is 0 Å². The monoisotopic (exact) mass is 423 g/mol. The average molecular weight is 423 g/mol. The minimum atomic E-state index is -4.04. The van der Waals surface area contributed by atoms with Crippen LogP contribution in [0.25, 0.3) is 0 Å². The summed E-state index contributed by atoms with van der Waals surface area (Å²) in [7, 11) is -1.24. The lowest BCUT2D eigenvalue weighted by atomic mass is 10.1. The van der Waals surface area contributed by atoms with Crippen molar-refractivity contribution < 1.29 is 27.6 Å². The van der Waals surface area contributed by atoms with Gasteiger partial charge < -0.3 is 14.8 Å². The summed E-state index contributed by atoms with van der Waals surface area (Å²) in [5.41, 5.74) is 0.337. The Morgan fingerprint density at radius 3 is 2.38 bits per heavy atom. The molecule has 0 saturated heterocycles. The Hall–Kier alpha value is -3.18. The van der Waals surface area contributed by atoms with Crippen LogP contribution < -0.4 is 19.5 Å². The third-order valence-electron chi connectivity index (χ3n) is 4.15. The van der Waals surface area contributed by atoms with E-state index in [1.807, 2.05) is 0 Å². The Morgan fingerprint density at radius 1 is 1.14 bits per heavy atom. The van der Waals surface area contributed by atoms with Crippen molar-refractivity contribution in [2.45, 2.75) is 24.8 Å². The summed E-state index contributed by atoms with van der Waals surface area (Å²) < 4.78 is 37.6. The maximum atomic E-state index is 12.6. The van der Waals surface area contributed by atoms with Crippen molar-refractivity contribution in [1.82, 2.24) is 4.72 Å². The van der Waals surface area contributed by atoms with Crippen LogP contribution in [-0.2, 0) is 14.8 Å². The molecular formula is C18H21N3O7S. The number of rotatable bonds is 8. The Bertz CT molecular complexity index is 1040. The van der Waals surface area contributed by atoms with Crippen LogP contribution in [0.3, 0.4) is 0 Å². The van der Waals surface area contributed by atoms with E-state index in [0.717, 1.165) is 0 Å². The van der Waals surface area contributed by atoms with E-state index in [1.165, 1.54) is 64.5 Å². The Morgan fingerprint density at radius 2 is 1.79 bits per heavy atom. The third-order valence-corrected chi connectivity index (χ3v) is 5.69. The molecule has 0 aromatic heterocycles. The smallest absolute Gasteiger partial charge is 0.274 e. The predicted molar refractivity (Wildman–Crippen MR) is 106 cm³/mol. The van der Waals surface area contributed by atoms with Gasteiger partial charge in [0.15, 0.2) is 11.5 Å². The van der Waals surface area contributed by atoms with E-state index in [1.54, 1.807) is 0 Å². The third kappa shape index (κ3) is 5.00. The summed E-state index contributed by atoms with van der Waals surface area (Å²) in [6.07, 6.45) is 0. The fourth-order valence-corrected chi connectivity index (χ4v) is 3.75. The number of nitro groups is 1. The number of nitrogens with one attached hydrogen (secondary N) is 2. The van der Waals surface area contributed by atoms with Crippen LogP contribution in [0.5, 0.6) is 11.5 Å². The molecule has 1 amide bonds. The van der Waals surface area contributed by atoms with Gasteiger partial charge in [-0.05, 0) is 32.0 Å². The van der Waals surface area contributed by atoms with Gasteiger partial charge in [-0.3, -0.25) is 14.9 Å². The van der Waals surface area contributed by atoms with Gasteiger partial charge >= 0.3 is 0 Å². The lowest BCUT2D eigenvalue weighted by Crippen LogP contribution is -2.41.